The molecule has 6 nitrogen and oxygen atoms in total. The zero-order valence-corrected chi connectivity index (χ0v) is 16.8. The minimum Gasteiger partial charge on any atom is -0.310 e. The number of H-pyrrole nitrogens is 1. The summed E-state index contributed by atoms with van der Waals surface area (Å²) in [5.74, 6) is 0.0687. The van der Waals surface area contributed by atoms with Crippen LogP contribution in [0.3, 0.4) is 0 Å². The Morgan fingerprint density at radius 3 is 2.66 bits per heavy atom. The number of nitrogens with zero attached hydrogens (tertiary/aromatic N) is 2. The molecule has 1 N–H and O–H groups in total. The molecule has 150 valence electrons. The smallest absolute Gasteiger partial charge is 0.255 e. The largest absolute Gasteiger partial charge is 0.310 e. The molecule has 0 radical (unpaired) electrons. The minimum absolute atomic E-state index is 0.0527. The predicted octanol–water partition coefficient (Wildman–Crippen LogP) is 2.90. The molecule has 0 amide bonds. The Morgan fingerprint density at radius 2 is 1.93 bits per heavy atom. The summed E-state index contributed by atoms with van der Waals surface area (Å²) < 4.78 is 40.4. The van der Waals surface area contributed by atoms with E-state index < -0.39 is 10.0 Å². The van der Waals surface area contributed by atoms with E-state index in [1.54, 1.807) is 12.1 Å². The van der Waals surface area contributed by atoms with Crippen LogP contribution in [-0.2, 0) is 29.4 Å². The van der Waals surface area contributed by atoms with Gasteiger partial charge in [-0.3, -0.25) is 4.79 Å². The molecule has 0 spiro atoms. The van der Waals surface area contributed by atoms with Crippen molar-refractivity contribution >= 4 is 21.6 Å². The molecule has 2 aromatic carbocycles. The van der Waals surface area contributed by atoms with Crippen molar-refractivity contribution in [3.8, 4) is 0 Å². The van der Waals surface area contributed by atoms with Gasteiger partial charge < -0.3 is 4.98 Å². The first kappa shape index (κ1) is 19.8. The summed E-state index contributed by atoms with van der Waals surface area (Å²) in [5.41, 5.74) is 1.22. The number of rotatable bonds is 4. The molecule has 4 rings (SSSR count). The first-order valence-electron chi connectivity index (χ1n) is 8.94. The third-order valence-corrected chi connectivity index (χ3v) is 6.91. The van der Waals surface area contributed by atoms with E-state index in [0.29, 0.717) is 34.1 Å². The van der Waals surface area contributed by atoms with Crippen LogP contribution in [0.4, 0.5) is 4.39 Å². The first-order chi connectivity index (χ1) is 13.8. The lowest BCUT2D eigenvalue weighted by atomic mass is 10.1. The van der Waals surface area contributed by atoms with Gasteiger partial charge in [-0.2, -0.15) is 4.31 Å². The zero-order chi connectivity index (χ0) is 20.6. The number of benzene rings is 2. The maximum Gasteiger partial charge on any atom is 0.255 e. The quantitative estimate of drug-likeness (QED) is 0.685. The average Bonchev–Trinajstić information content (AvgIpc) is 2.68. The second-order valence-electron chi connectivity index (χ2n) is 6.79. The topological polar surface area (TPSA) is 83.1 Å². The van der Waals surface area contributed by atoms with E-state index in [0.717, 1.165) is 0 Å². The van der Waals surface area contributed by atoms with Crippen molar-refractivity contribution in [1.82, 2.24) is 14.3 Å². The molecule has 1 aromatic heterocycles. The number of sulfonamides is 1. The summed E-state index contributed by atoms with van der Waals surface area (Å²) in [7, 11) is -3.75. The molecule has 0 saturated heterocycles. The van der Waals surface area contributed by atoms with Crippen LogP contribution in [0.5, 0.6) is 0 Å². The number of hydrogen-bond donors (Lipinski definition) is 1. The summed E-state index contributed by atoms with van der Waals surface area (Å²) in [6, 6.07) is 12.0. The van der Waals surface area contributed by atoms with Crippen LogP contribution in [0, 0.1) is 5.82 Å². The number of aromatic nitrogens is 2. The van der Waals surface area contributed by atoms with Crippen LogP contribution in [0.25, 0.3) is 0 Å². The van der Waals surface area contributed by atoms with Gasteiger partial charge in [-0.1, -0.05) is 23.7 Å². The van der Waals surface area contributed by atoms with Crippen LogP contribution < -0.4 is 5.56 Å². The highest BCUT2D eigenvalue weighted by atomic mass is 35.5. The highest BCUT2D eigenvalue weighted by Crippen LogP contribution is 2.23. The van der Waals surface area contributed by atoms with E-state index in [1.165, 1.54) is 40.7 Å². The number of halogens is 2. The third kappa shape index (κ3) is 4.10. The molecule has 29 heavy (non-hydrogen) atoms. The van der Waals surface area contributed by atoms with Crippen molar-refractivity contribution in [3.05, 3.63) is 92.4 Å². The Labute approximate surface area is 172 Å². The van der Waals surface area contributed by atoms with Crippen LogP contribution in [0.2, 0.25) is 5.02 Å². The Hall–Kier alpha value is -2.55. The molecule has 0 atom stereocenters. The lowest BCUT2D eigenvalue weighted by Gasteiger charge is -2.27. The lowest BCUT2D eigenvalue weighted by molar-refractivity contribution is 0.384. The van der Waals surface area contributed by atoms with Gasteiger partial charge in [0, 0.05) is 31.0 Å². The molecular formula is C20H17ClFN3O3S. The number of nitrogens with one attached hydrogen (secondary N) is 1. The molecule has 0 fully saturated rings. The van der Waals surface area contributed by atoms with Crippen LogP contribution in [-0.4, -0.2) is 29.2 Å². The van der Waals surface area contributed by atoms with Crippen molar-refractivity contribution in [2.24, 2.45) is 0 Å². The molecule has 0 saturated carbocycles. The predicted molar refractivity (Wildman–Crippen MR) is 107 cm³/mol. The summed E-state index contributed by atoms with van der Waals surface area (Å²) in [4.78, 5) is 19.9. The number of hydrogen-bond acceptors (Lipinski definition) is 4. The normalized spacial score (nSPS) is 14.6. The van der Waals surface area contributed by atoms with Gasteiger partial charge in [0.2, 0.25) is 10.0 Å². The van der Waals surface area contributed by atoms with E-state index in [4.69, 9.17) is 11.6 Å². The minimum atomic E-state index is -3.75. The molecular weight excluding hydrogens is 417 g/mol. The van der Waals surface area contributed by atoms with Gasteiger partial charge in [0.1, 0.15) is 11.6 Å². The average molecular weight is 434 g/mol. The summed E-state index contributed by atoms with van der Waals surface area (Å²) in [6.45, 7) is 0.163. The Bertz CT molecular complexity index is 1230. The lowest BCUT2D eigenvalue weighted by Crippen LogP contribution is -2.39. The first-order valence-corrected chi connectivity index (χ1v) is 10.8. The molecule has 2 heterocycles. The molecule has 1 aliphatic heterocycles. The fraction of sp³-hybridized carbons (Fsp3) is 0.200. The maximum atomic E-state index is 13.4. The van der Waals surface area contributed by atoms with Crippen molar-refractivity contribution in [2.75, 3.05) is 6.54 Å². The number of fused-ring (bicyclic) bond motifs is 1. The van der Waals surface area contributed by atoms with E-state index in [1.807, 2.05) is 0 Å². The van der Waals surface area contributed by atoms with Crippen molar-refractivity contribution in [2.45, 2.75) is 24.3 Å². The molecule has 0 unspecified atom stereocenters. The monoisotopic (exact) mass is 433 g/mol. The van der Waals surface area contributed by atoms with Gasteiger partial charge in [-0.25, -0.2) is 17.8 Å². The van der Waals surface area contributed by atoms with E-state index in [-0.39, 0.29) is 35.8 Å². The summed E-state index contributed by atoms with van der Waals surface area (Å²) >= 11 is 5.83. The van der Waals surface area contributed by atoms with Gasteiger partial charge >= 0.3 is 0 Å². The van der Waals surface area contributed by atoms with Crippen molar-refractivity contribution < 1.29 is 12.8 Å². The van der Waals surface area contributed by atoms with Crippen LogP contribution in [0.1, 0.15) is 22.6 Å². The van der Waals surface area contributed by atoms with Crippen molar-refractivity contribution in [1.29, 1.82) is 0 Å². The molecule has 0 aliphatic carbocycles. The second-order valence-corrected chi connectivity index (χ2v) is 9.16. The Balaban J connectivity index is 1.60. The van der Waals surface area contributed by atoms with Gasteiger partial charge in [0.05, 0.1) is 16.2 Å². The highest BCUT2D eigenvalue weighted by Gasteiger charge is 2.30. The summed E-state index contributed by atoms with van der Waals surface area (Å²) in [6.07, 6.45) is 0.606. The summed E-state index contributed by atoms with van der Waals surface area (Å²) in [5, 5.41) is 0.444. The third-order valence-electron chi connectivity index (χ3n) is 4.79. The molecule has 3 aromatic rings. The fourth-order valence-electron chi connectivity index (χ4n) is 3.34. The van der Waals surface area contributed by atoms with Gasteiger partial charge in [-0.15, -0.1) is 0 Å². The van der Waals surface area contributed by atoms with E-state index in [2.05, 4.69) is 9.97 Å². The van der Waals surface area contributed by atoms with Crippen LogP contribution in [0.15, 0.2) is 58.2 Å². The molecule has 1 aliphatic rings. The standard InChI is InChI=1S/C20H17ClFN3O3S/c21-14-4-6-16(7-5-14)29(27,28)25-9-8-18-17(12-25)20(26)24-19(23-18)11-13-2-1-3-15(22)10-13/h1-7,10H,8-9,11-12H2,(H,23,24,26). The highest BCUT2D eigenvalue weighted by molar-refractivity contribution is 7.89. The van der Waals surface area contributed by atoms with Crippen LogP contribution >= 0.6 is 11.6 Å². The SMILES string of the molecule is O=c1[nH]c(Cc2cccc(F)c2)nc2c1CN(S(=O)(=O)c1ccc(Cl)cc1)CC2. The van der Waals surface area contributed by atoms with E-state index >= 15 is 0 Å². The van der Waals surface area contributed by atoms with Gasteiger partial charge in [0.25, 0.3) is 5.56 Å². The Kier molecular flexibility index (Phi) is 5.24. The fourth-order valence-corrected chi connectivity index (χ4v) is 4.87. The van der Waals surface area contributed by atoms with E-state index in [9.17, 15) is 17.6 Å². The number of aromatic amines is 1. The Morgan fingerprint density at radius 1 is 1.17 bits per heavy atom. The van der Waals surface area contributed by atoms with Crippen molar-refractivity contribution in [3.63, 3.8) is 0 Å². The van der Waals surface area contributed by atoms with Gasteiger partial charge in [-0.05, 0) is 42.0 Å². The maximum absolute atomic E-state index is 13.4. The molecule has 0 bridgehead atoms. The molecule has 9 heteroatoms. The second kappa shape index (κ2) is 7.70. The van der Waals surface area contributed by atoms with Gasteiger partial charge in [0.15, 0.2) is 0 Å². The zero-order valence-electron chi connectivity index (χ0n) is 15.2.